The number of benzene rings is 1. The van der Waals surface area contributed by atoms with Crippen LogP contribution in [-0.2, 0) is 9.53 Å². The number of hydrogen-bond acceptors (Lipinski definition) is 4. The lowest BCUT2D eigenvalue weighted by molar-refractivity contribution is -0.384. The summed E-state index contributed by atoms with van der Waals surface area (Å²) in [5, 5.41) is 10.7. The number of esters is 1. The molecule has 1 aliphatic carbocycles. The predicted molar refractivity (Wildman–Crippen MR) is 72.6 cm³/mol. The molecule has 0 bridgehead atoms. The summed E-state index contributed by atoms with van der Waals surface area (Å²) < 4.78 is 5.28. The largest absolute Gasteiger partial charge is 0.423 e. The summed E-state index contributed by atoms with van der Waals surface area (Å²) in [4.78, 5) is 22.2. The molecule has 0 aromatic heterocycles. The standard InChI is InChI=1S/C15H13NO4/c1-15(2)7-11-12(8-15)20-14(17)13(11)9-3-5-10(6-4-9)16(18)19/h3-6,8H,7H2,1-2H3. The molecule has 1 heterocycles. The van der Waals surface area contributed by atoms with Gasteiger partial charge in [0.05, 0.1) is 10.5 Å². The van der Waals surface area contributed by atoms with Gasteiger partial charge in [-0.3, -0.25) is 10.1 Å². The first-order valence-corrected chi connectivity index (χ1v) is 6.31. The smallest absolute Gasteiger partial charge is 0.344 e. The predicted octanol–water partition coefficient (Wildman–Crippen LogP) is 3.22. The topological polar surface area (TPSA) is 69.4 Å². The van der Waals surface area contributed by atoms with Crippen molar-refractivity contribution in [2.75, 3.05) is 0 Å². The zero-order valence-corrected chi connectivity index (χ0v) is 11.2. The average Bonchev–Trinajstić information content (AvgIpc) is 2.79. The SMILES string of the molecule is CC1(C)C=C2OC(=O)C(c3ccc([N+](=O)[O-])cc3)=C2C1. The van der Waals surface area contributed by atoms with E-state index in [0.29, 0.717) is 16.9 Å². The number of nitro groups is 1. The Hall–Kier alpha value is -2.43. The molecule has 0 fully saturated rings. The molecule has 0 atom stereocenters. The fourth-order valence-corrected chi connectivity index (χ4v) is 2.65. The van der Waals surface area contributed by atoms with Gasteiger partial charge in [0.2, 0.25) is 0 Å². The summed E-state index contributed by atoms with van der Waals surface area (Å²) in [6.45, 7) is 4.15. The van der Waals surface area contributed by atoms with Crippen LogP contribution in [0.4, 0.5) is 5.69 Å². The number of nitro benzene ring substituents is 1. The van der Waals surface area contributed by atoms with E-state index < -0.39 is 4.92 Å². The van der Waals surface area contributed by atoms with Crippen LogP contribution in [0.5, 0.6) is 0 Å². The molecule has 0 unspecified atom stereocenters. The summed E-state index contributed by atoms with van der Waals surface area (Å²) in [5.41, 5.74) is 2.06. The molecule has 1 aliphatic heterocycles. The number of nitrogens with zero attached hydrogens (tertiary/aromatic N) is 1. The van der Waals surface area contributed by atoms with E-state index in [9.17, 15) is 14.9 Å². The van der Waals surface area contributed by atoms with Crippen LogP contribution in [-0.4, -0.2) is 10.9 Å². The van der Waals surface area contributed by atoms with Crippen molar-refractivity contribution in [1.29, 1.82) is 0 Å². The van der Waals surface area contributed by atoms with Crippen LogP contribution in [0.25, 0.3) is 5.57 Å². The molecule has 5 nitrogen and oxygen atoms in total. The third kappa shape index (κ3) is 1.91. The number of rotatable bonds is 2. The third-order valence-electron chi connectivity index (χ3n) is 3.53. The van der Waals surface area contributed by atoms with Gasteiger partial charge in [0.25, 0.3) is 5.69 Å². The lowest BCUT2D eigenvalue weighted by atomic mass is 9.90. The highest BCUT2D eigenvalue weighted by Gasteiger charge is 2.39. The van der Waals surface area contributed by atoms with Crippen molar-refractivity contribution in [3.05, 3.63) is 57.4 Å². The number of allylic oxidation sites excluding steroid dienone is 2. The molecular weight excluding hydrogens is 258 g/mol. The van der Waals surface area contributed by atoms with E-state index in [1.165, 1.54) is 12.1 Å². The molecule has 0 N–H and O–H groups in total. The van der Waals surface area contributed by atoms with Crippen molar-refractivity contribution < 1.29 is 14.5 Å². The van der Waals surface area contributed by atoms with E-state index in [1.54, 1.807) is 12.1 Å². The maximum Gasteiger partial charge on any atom is 0.344 e. The molecule has 1 aromatic rings. The Kier molecular flexibility index (Phi) is 2.54. The van der Waals surface area contributed by atoms with E-state index >= 15 is 0 Å². The van der Waals surface area contributed by atoms with Gasteiger partial charge in [0.1, 0.15) is 5.76 Å². The Labute approximate surface area is 115 Å². The van der Waals surface area contributed by atoms with Crippen LogP contribution in [0.15, 0.2) is 41.7 Å². The first kappa shape index (κ1) is 12.6. The van der Waals surface area contributed by atoms with Gasteiger partial charge < -0.3 is 4.74 Å². The molecule has 0 saturated heterocycles. The Morgan fingerprint density at radius 1 is 1.25 bits per heavy atom. The average molecular weight is 271 g/mol. The molecule has 5 heteroatoms. The minimum atomic E-state index is -0.460. The van der Waals surface area contributed by atoms with Crippen molar-refractivity contribution in [3.8, 4) is 0 Å². The van der Waals surface area contributed by atoms with E-state index in [1.807, 2.05) is 6.08 Å². The van der Waals surface area contributed by atoms with Crippen LogP contribution in [0.2, 0.25) is 0 Å². The molecule has 1 aromatic carbocycles. The summed E-state index contributed by atoms with van der Waals surface area (Å²) >= 11 is 0. The monoisotopic (exact) mass is 271 g/mol. The highest BCUT2D eigenvalue weighted by Crippen LogP contribution is 2.47. The quantitative estimate of drug-likeness (QED) is 0.470. The number of non-ortho nitro benzene ring substituents is 1. The maximum absolute atomic E-state index is 12.0. The van der Waals surface area contributed by atoms with Gasteiger partial charge in [-0.15, -0.1) is 0 Å². The van der Waals surface area contributed by atoms with E-state index in [2.05, 4.69) is 13.8 Å². The van der Waals surface area contributed by atoms with Crippen molar-refractivity contribution in [2.24, 2.45) is 5.41 Å². The minimum Gasteiger partial charge on any atom is -0.423 e. The normalized spacial score (nSPS) is 19.7. The molecule has 0 amide bonds. The summed E-state index contributed by atoms with van der Waals surface area (Å²) in [6.07, 6.45) is 2.69. The fourth-order valence-electron chi connectivity index (χ4n) is 2.65. The summed E-state index contributed by atoms with van der Waals surface area (Å²) in [6, 6.07) is 5.99. The van der Waals surface area contributed by atoms with Gasteiger partial charge in [-0.25, -0.2) is 4.79 Å². The van der Waals surface area contributed by atoms with Crippen LogP contribution >= 0.6 is 0 Å². The van der Waals surface area contributed by atoms with Gasteiger partial charge >= 0.3 is 5.97 Å². The molecule has 0 radical (unpaired) electrons. The van der Waals surface area contributed by atoms with Gasteiger partial charge in [0.15, 0.2) is 0 Å². The van der Waals surface area contributed by atoms with Crippen LogP contribution in [0.1, 0.15) is 25.8 Å². The van der Waals surface area contributed by atoms with Crippen LogP contribution in [0, 0.1) is 15.5 Å². The first-order valence-electron chi connectivity index (χ1n) is 6.31. The molecule has 102 valence electrons. The van der Waals surface area contributed by atoms with Crippen molar-refractivity contribution in [1.82, 2.24) is 0 Å². The zero-order valence-electron chi connectivity index (χ0n) is 11.2. The number of hydrogen-bond donors (Lipinski definition) is 0. The Morgan fingerprint density at radius 3 is 2.50 bits per heavy atom. The fraction of sp³-hybridized carbons (Fsp3) is 0.267. The van der Waals surface area contributed by atoms with Crippen molar-refractivity contribution >= 4 is 17.2 Å². The van der Waals surface area contributed by atoms with E-state index in [4.69, 9.17) is 4.74 Å². The van der Waals surface area contributed by atoms with Crippen molar-refractivity contribution in [2.45, 2.75) is 20.3 Å². The van der Waals surface area contributed by atoms with Gasteiger partial charge in [-0.2, -0.15) is 0 Å². The van der Waals surface area contributed by atoms with Gasteiger partial charge in [-0.05, 0) is 35.6 Å². The lowest BCUT2D eigenvalue weighted by Gasteiger charge is -2.13. The number of fused-ring (bicyclic) bond motifs is 1. The number of ether oxygens (including phenoxy) is 1. The second-order valence-electron chi connectivity index (χ2n) is 5.72. The summed E-state index contributed by atoms with van der Waals surface area (Å²) in [5.74, 6) is 0.254. The Bertz CT molecular complexity index is 680. The van der Waals surface area contributed by atoms with Crippen molar-refractivity contribution in [3.63, 3.8) is 0 Å². The van der Waals surface area contributed by atoms with Crippen LogP contribution in [0.3, 0.4) is 0 Å². The Balaban J connectivity index is 2.05. The summed E-state index contributed by atoms with van der Waals surface area (Å²) in [7, 11) is 0. The highest BCUT2D eigenvalue weighted by atomic mass is 16.6. The highest BCUT2D eigenvalue weighted by molar-refractivity contribution is 6.21. The van der Waals surface area contributed by atoms with Gasteiger partial charge in [0, 0.05) is 17.7 Å². The first-order chi connectivity index (χ1) is 9.37. The number of carbonyl (C=O) groups is 1. The molecule has 0 saturated carbocycles. The lowest BCUT2D eigenvalue weighted by Crippen LogP contribution is -2.05. The maximum atomic E-state index is 12.0. The molecule has 2 aliphatic rings. The Morgan fingerprint density at radius 2 is 1.90 bits per heavy atom. The van der Waals surface area contributed by atoms with E-state index in [-0.39, 0.29) is 17.1 Å². The molecule has 3 rings (SSSR count). The molecule has 20 heavy (non-hydrogen) atoms. The third-order valence-corrected chi connectivity index (χ3v) is 3.53. The second-order valence-corrected chi connectivity index (χ2v) is 5.72. The molecule has 0 spiro atoms. The molecular formula is C15H13NO4. The minimum absolute atomic E-state index is 0.00762. The van der Waals surface area contributed by atoms with E-state index in [0.717, 1.165) is 12.0 Å². The number of carbonyl (C=O) groups excluding carboxylic acids is 1. The van der Waals surface area contributed by atoms with Crippen LogP contribution < -0.4 is 0 Å². The second kappa shape index (κ2) is 4.03. The van der Waals surface area contributed by atoms with Gasteiger partial charge in [-0.1, -0.05) is 13.8 Å². The zero-order chi connectivity index (χ0) is 14.5.